The Bertz CT molecular complexity index is 483. The van der Waals surface area contributed by atoms with E-state index in [2.05, 4.69) is 20.6 Å². The lowest BCUT2D eigenvalue weighted by molar-refractivity contribution is 0.355. The second kappa shape index (κ2) is 4.05. The van der Waals surface area contributed by atoms with E-state index in [9.17, 15) is 0 Å². The summed E-state index contributed by atoms with van der Waals surface area (Å²) >= 11 is 0. The number of hydrogen-bond acceptors (Lipinski definition) is 6. The van der Waals surface area contributed by atoms with Gasteiger partial charge in [0.1, 0.15) is 0 Å². The lowest BCUT2D eigenvalue weighted by Gasteiger charge is -2.10. The van der Waals surface area contributed by atoms with E-state index in [1.165, 1.54) is 0 Å². The second-order valence-corrected chi connectivity index (χ2v) is 3.03. The maximum Gasteiger partial charge on any atom is 0.206 e. The van der Waals surface area contributed by atoms with E-state index in [4.69, 9.17) is 15.2 Å². The molecule has 0 unspecified atom stereocenters. The summed E-state index contributed by atoms with van der Waals surface area (Å²) in [5.41, 5.74) is 7.00. The van der Waals surface area contributed by atoms with Crippen LogP contribution in [0.4, 0.5) is 5.69 Å². The molecule has 0 saturated carbocycles. The minimum atomic E-state index is 0.415. The maximum atomic E-state index is 5.85. The molecule has 0 fully saturated rings. The summed E-state index contributed by atoms with van der Waals surface area (Å²) in [6.45, 7) is 0. The first-order valence-electron chi connectivity index (χ1n) is 4.51. The molecule has 1 aromatic carbocycles. The lowest BCUT2D eigenvalue weighted by Crippen LogP contribution is -1.97. The number of nitrogens with zero attached hydrogens (tertiary/aromatic N) is 3. The van der Waals surface area contributed by atoms with Gasteiger partial charge in [0.2, 0.25) is 5.82 Å². The third-order valence-corrected chi connectivity index (χ3v) is 2.14. The zero-order chi connectivity index (χ0) is 11.5. The number of rotatable bonds is 3. The maximum absolute atomic E-state index is 5.85. The summed E-state index contributed by atoms with van der Waals surface area (Å²) in [6.07, 6.45) is 0. The minimum absolute atomic E-state index is 0.415. The Morgan fingerprint density at radius 3 is 2.44 bits per heavy atom. The van der Waals surface area contributed by atoms with Crippen LogP contribution in [0.25, 0.3) is 11.4 Å². The number of hydrogen-bond donors (Lipinski definition) is 2. The molecule has 2 aromatic rings. The molecule has 3 N–H and O–H groups in total. The van der Waals surface area contributed by atoms with Crippen molar-refractivity contribution < 1.29 is 9.47 Å². The number of nitrogens with one attached hydrogen (secondary N) is 1. The van der Waals surface area contributed by atoms with Gasteiger partial charge in [-0.25, -0.2) is 0 Å². The number of tetrazole rings is 1. The number of ether oxygens (including phenoxy) is 2. The normalized spacial score (nSPS) is 10.1. The van der Waals surface area contributed by atoms with Crippen LogP contribution in [0.3, 0.4) is 0 Å². The van der Waals surface area contributed by atoms with Crippen molar-refractivity contribution >= 4 is 5.69 Å². The first kappa shape index (κ1) is 10.2. The highest BCUT2D eigenvalue weighted by atomic mass is 16.5. The molecule has 2 rings (SSSR count). The zero-order valence-corrected chi connectivity index (χ0v) is 8.89. The molecule has 0 saturated heterocycles. The van der Waals surface area contributed by atoms with Crippen molar-refractivity contribution in [3.63, 3.8) is 0 Å². The van der Waals surface area contributed by atoms with Crippen LogP contribution >= 0.6 is 0 Å². The van der Waals surface area contributed by atoms with Gasteiger partial charge in [0, 0.05) is 17.3 Å². The van der Waals surface area contributed by atoms with Gasteiger partial charge in [-0.3, -0.25) is 0 Å². The quantitative estimate of drug-likeness (QED) is 0.731. The van der Waals surface area contributed by atoms with Crippen LogP contribution in [0, 0.1) is 0 Å². The molecule has 7 nitrogen and oxygen atoms in total. The number of nitrogens with two attached hydrogens (primary N) is 1. The van der Waals surface area contributed by atoms with E-state index in [1.54, 1.807) is 26.4 Å². The molecule has 0 aliphatic heterocycles. The van der Waals surface area contributed by atoms with E-state index >= 15 is 0 Å². The first-order valence-corrected chi connectivity index (χ1v) is 4.51. The summed E-state index contributed by atoms with van der Waals surface area (Å²) in [7, 11) is 3.10. The third-order valence-electron chi connectivity index (χ3n) is 2.14. The number of aromatic nitrogens is 4. The fraction of sp³-hybridized carbons (Fsp3) is 0.222. The molecular formula is C9H11N5O2. The van der Waals surface area contributed by atoms with Crippen LogP contribution in [-0.2, 0) is 0 Å². The monoisotopic (exact) mass is 221 g/mol. The van der Waals surface area contributed by atoms with Gasteiger partial charge in [0.05, 0.1) is 14.2 Å². The molecule has 16 heavy (non-hydrogen) atoms. The Balaban J connectivity index is 2.55. The molecule has 7 heteroatoms. The molecule has 0 amide bonds. The molecule has 84 valence electrons. The summed E-state index contributed by atoms with van der Waals surface area (Å²) in [5, 5.41) is 13.5. The summed E-state index contributed by atoms with van der Waals surface area (Å²) in [4.78, 5) is 0. The molecule has 0 spiro atoms. The predicted octanol–water partition coefficient (Wildman–Crippen LogP) is 0.466. The van der Waals surface area contributed by atoms with Crippen LogP contribution in [-0.4, -0.2) is 34.8 Å². The standard InChI is InChI=1S/C9H11N5O2/c1-15-7-3-5(9-11-13-14-12-9)6(10)4-8(7)16-2/h3-4H,10H2,1-2H3,(H,11,12,13,14). The molecule has 1 heterocycles. The molecule has 0 bridgehead atoms. The SMILES string of the molecule is COc1cc(N)c(-c2nn[nH]n2)cc1OC. The van der Waals surface area contributed by atoms with Gasteiger partial charge in [-0.2, -0.15) is 5.21 Å². The van der Waals surface area contributed by atoms with Crippen LogP contribution < -0.4 is 15.2 Å². The van der Waals surface area contributed by atoms with E-state index in [1.807, 2.05) is 0 Å². The number of nitrogen functional groups attached to an aromatic ring is 1. The van der Waals surface area contributed by atoms with Gasteiger partial charge in [-0.15, -0.1) is 10.2 Å². The Hall–Kier alpha value is -2.31. The van der Waals surface area contributed by atoms with Crippen molar-refractivity contribution in [1.29, 1.82) is 0 Å². The highest BCUT2D eigenvalue weighted by Gasteiger charge is 2.13. The fourth-order valence-corrected chi connectivity index (χ4v) is 1.36. The number of aromatic amines is 1. The Morgan fingerprint density at radius 2 is 1.88 bits per heavy atom. The van der Waals surface area contributed by atoms with Crippen LogP contribution in [0.15, 0.2) is 12.1 Å². The van der Waals surface area contributed by atoms with Crippen molar-refractivity contribution in [3.05, 3.63) is 12.1 Å². The molecule has 0 radical (unpaired) electrons. The second-order valence-electron chi connectivity index (χ2n) is 3.03. The molecular weight excluding hydrogens is 210 g/mol. The summed E-state index contributed by atoms with van der Waals surface area (Å²) in [6, 6.07) is 3.36. The average molecular weight is 221 g/mol. The smallest absolute Gasteiger partial charge is 0.206 e. The molecule has 0 aliphatic carbocycles. The van der Waals surface area contributed by atoms with Crippen molar-refractivity contribution in [2.75, 3.05) is 20.0 Å². The fourth-order valence-electron chi connectivity index (χ4n) is 1.36. The summed E-state index contributed by atoms with van der Waals surface area (Å²) in [5.74, 6) is 1.54. The lowest BCUT2D eigenvalue weighted by atomic mass is 10.1. The zero-order valence-electron chi connectivity index (χ0n) is 8.89. The van der Waals surface area contributed by atoms with Crippen LogP contribution in [0.2, 0.25) is 0 Å². The first-order chi connectivity index (χ1) is 7.76. The van der Waals surface area contributed by atoms with Crippen LogP contribution in [0.1, 0.15) is 0 Å². The number of methoxy groups -OCH3 is 2. The number of anilines is 1. The van der Waals surface area contributed by atoms with Gasteiger partial charge >= 0.3 is 0 Å². The minimum Gasteiger partial charge on any atom is -0.493 e. The average Bonchev–Trinajstić information content (AvgIpc) is 2.82. The predicted molar refractivity (Wildman–Crippen MR) is 57.1 cm³/mol. The van der Waals surface area contributed by atoms with Crippen molar-refractivity contribution in [2.45, 2.75) is 0 Å². The Morgan fingerprint density at radius 1 is 1.19 bits per heavy atom. The van der Waals surface area contributed by atoms with Gasteiger partial charge in [0.25, 0.3) is 0 Å². The van der Waals surface area contributed by atoms with Crippen molar-refractivity contribution in [1.82, 2.24) is 20.6 Å². The highest BCUT2D eigenvalue weighted by Crippen LogP contribution is 2.35. The summed E-state index contributed by atoms with van der Waals surface area (Å²) < 4.78 is 10.3. The highest BCUT2D eigenvalue weighted by molar-refractivity contribution is 5.75. The van der Waals surface area contributed by atoms with E-state index in [0.717, 1.165) is 0 Å². The molecule has 0 atom stereocenters. The van der Waals surface area contributed by atoms with Crippen molar-refractivity contribution in [2.24, 2.45) is 0 Å². The largest absolute Gasteiger partial charge is 0.493 e. The van der Waals surface area contributed by atoms with Gasteiger partial charge in [0.15, 0.2) is 11.5 Å². The van der Waals surface area contributed by atoms with Gasteiger partial charge in [-0.1, -0.05) is 0 Å². The third kappa shape index (κ3) is 1.62. The van der Waals surface area contributed by atoms with Gasteiger partial charge < -0.3 is 15.2 Å². The van der Waals surface area contributed by atoms with E-state index in [-0.39, 0.29) is 0 Å². The Labute approximate surface area is 91.6 Å². The van der Waals surface area contributed by atoms with Crippen molar-refractivity contribution in [3.8, 4) is 22.9 Å². The van der Waals surface area contributed by atoms with E-state index in [0.29, 0.717) is 28.6 Å². The topological polar surface area (TPSA) is 98.9 Å². The van der Waals surface area contributed by atoms with Crippen LogP contribution in [0.5, 0.6) is 11.5 Å². The van der Waals surface area contributed by atoms with E-state index < -0.39 is 0 Å². The number of benzene rings is 1. The van der Waals surface area contributed by atoms with Gasteiger partial charge in [-0.05, 0) is 11.3 Å². The molecule has 0 aliphatic rings. The Kier molecular flexibility index (Phi) is 2.59. The molecule has 1 aromatic heterocycles. The number of H-pyrrole nitrogens is 1.